The van der Waals surface area contributed by atoms with Gasteiger partial charge in [-0.1, -0.05) is 6.07 Å². The van der Waals surface area contributed by atoms with Crippen molar-refractivity contribution in [2.75, 3.05) is 6.61 Å². The largest absolute Gasteiger partial charge is 0.484 e. The van der Waals surface area contributed by atoms with E-state index in [1.54, 1.807) is 6.07 Å². The van der Waals surface area contributed by atoms with Crippen molar-refractivity contribution in [1.29, 1.82) is 0 Å². The van der Waals surface area contributed by atoms with Gasteiger partial charge in [0, 0.05) is 17.7 Å². The SMILES string of the molecule is Cc1ccc(OCC(=O)c2ccc([N+](=O)[O-])cc2)c(Br)c1. The van der Waals surface area contributed by atoms with Crippen molar-refractivity contribution in [1.82, 2.24) is 0 Å². The molecular formula is C15H12BrNO4. The minimum Gasteiger partial charge on any atom is -0.484 e. The molecule has 21 heavy (non-hydrogen) atoms. The molecule has 0 spiro atoms. The van der Waals surface area contributed by atoms with E-state index in [1.165, 1.54) is 24.3 Å². The number of Topliss-reactive ketones (excluding diaryl/α,β-unsaturated/α-hetero) is 1. The molecule has 5 nitrogen and oxygen atoms in total. The number of ether oxygens (including phenoxy) is 1. The molecule has 2 aromatic carbocycles. The Labute approximate surface area is 129 Å². The van der Waals surface area contributed by atoms with Crippen LogP contribution in [0.4, 0.5) is 5.69 Å². The maximum absolute atomic E-state index is 12.0. The third-order valence-corrected chi connectivity index (χ3v) is 3.47. The van der Waals surface area contributed by atoms with Crippen molar-refractivity contribution in [3.63, 3.8) is 0 Å². The lowest BCUT2D eigenvalue weighted by molar-refractivity contribution is -0.384. The second kappa shape index (κ2) is 6.49. The second-order valence-corrected chi connectivity index (χ2v) is 5.30. The molecule has 6 heteroatoms. The smallest absolute Gasteiger partial charge is 0.269 e. The van der Waals surface area contributed by atoms with Crippen LogP contribution >= 0.6 is 15.9 Å². The summed E-state index contributed by atoms with van der Waals surface area (Å²) in [5.74, 6) is 0.341. The van der Waals surface area contributed by atoms with E-state index in [0.717, 1.165) is 10.0 Å². The molecule has 108 valence electrons. The van der Waals surface area contributed by atoms with Gasteiger partial charge in [-0.05, 0) is 52.7 Å². The number of carbonyl (C=O) groups is 1. The van der Waals surface area contributed by atoms with Crippen molar-refractivity contribution in [2.24, 2.45) is 0 Å². The Bertz CT molecular complexity index is 683. The van der Waals surface area contributed by atoms with Crippen molar-refractivity contribution >= 4 is 27.4 Å². The maximum atomic E-state index is 12.0. The minimum absolute atomic E-state index is 0.0475. The third kappa shape index (κ3) is 3.88. The first-order chi connectivity index (χ1) is 9.97. The van der Waals surface area contributed by atoms with Gasteiger partial charge in [0.05, 0.1) is 9.40 Å². The minimum atomic E-state index is -0.506. The first kappa shape index (κ1) is 15.2. The highest BCUT2D eigenvalue weighted by Crippen LogP contribution is 2.25. The molecule has 0 unspecified atom stereocenters. The molecule has 0 aliphatic carbocycles. The number of nitrogens with zero attached hydrogens (tertiary/aromatic N) is 1. The van der Waals surface area contributed by atoms with Crippen LogP contribution in [-0.2, 0) is 0 Å². The van der Waals surface area contributed by atoms with E-state index >= 15 is 0 Å². The summed E-state index contributed by atoms with van der Waals surface area (Å²) in [6.07, 6.45) is 0. The summed E-state index contributed by atoms with van der Waals surface area (Å²) in [6.45, 7) is 1.83. The number of benzene rings is 2. The number of halogens is 1. The zero-order chi connectivity index (χ0) is 15.4. The predicted octanol–water partition coefficient (Wildman–Crippen LogP) is 3.93. The van der Waals surface area contributed by atoms with E-state index in [-0.39, 0.29) is 18.1 Å². The normalized spacial score (nSPS) is 10.2. The molecule has 0 fully saturated rings. The molecule has 0 aliphatic rings. The molecule has 0 heterocycles. The van der Waals surface area contributed by atoms with Crippen LogP contribution in [0.1, 0.15) is 15.9 Å². The number of nitro benzene ring substituents is 1. The van der Waals surface area contributed by atoms with E-state index in [4.69, 9.17) is 4.74 Å². The number of non-ortho nitro benzene ring substituents is 1. The number of carbonyl (C=O) groups excluding carboxylic acids is 1. The lowest BCUT2D eigenvalue weighted by Gasteiger charge is -2.08. The molecule has 0 saturated carbocycles. The molecule has 0 radical (unpaired) electrons. The molecule has 0 bridgehead atoms. The third-order valence-electron chi connectivity index (χ3n) is 2.85. The van der Waals surface area contributed by atoms with E-state index in [2.05, 4.69) is 15.9 Å². The predicted molar refractivity (Wildman–Crippen MR) is 81.8 cm³/mol. The molecule has 0 saturated heterocycles. The van der Waals surface area contributed by atoms with Gasteiger partial charge in [-0.15, -0.1) is 0 Å². The van der Waals surface area contributed by atoms with Gasteiger partial charge in [0.25, 0.3) is 5.69 Å². The summed E-state index contributed by atoms with van der Waals surface area (Å²) in [5.41, 5.74) is 1.41. The standard InChI is InChI=1S/C15H12BrNO4/c1-10-2-7-15(13(16)8-10)21-9-14(18)11-3-5-12(6-4-11)17(19)20/h2-8H,9H2,1H3. The van der Waals surface area contributed by atoms with Gasteiger partial charge in [0.2, 0.25) is 0 Å². The van der Waals surface area contributed by atoms with Gasteiger partial charge in [0.15, 0.2) is 12.4 Å². The monoisotopic (exact) mass is 349 g/mol. The summed E-state index contributed by atoms with van der Waals surface area (Å²) in [4.78, 5) is 22.0. The zero-order valence-corrected chi connectivity index (χ0v) is 12.8. The fraction of sp³-hybridized carbons (Fsp3) is 0.133. The Balaban J connectivity index is 2.02. The quantitative estimate of drug-likeness (QED) is 0.465. The molecule has 0 aliphatic heterocycles. The lowest BCUT2D eigenvalue weighted by atomic mass is 10.1. The molecule has 0 amide bonds. The first-order valence-corrected chi connectivity index (χ1v) is 6.93. The number of hydrogen-bond acceptors (Lipinski definition) is 4. The van der Waals surface area contributed by atoms with E-state index < -0.39 is 4.92 Å². The van der Waals surface area contributed by atoms with Crippen molar-refractivity contribution in [3.05, 3.63) is 68.2 Å². The van der Waals surface area contributed by atoms with E-state index in [0.29, 0.717) is 11.3 Å². The van der Waals surface area contributed by atoms with Crippen LogP contribution in [0.15, 0.2) is 46.9 Å². The van der Waals surface area contributed by atoms with Gasteiger partial charge in [0.1, 0.15) is 5.75 Å². The molecular weight excluding hydrogens is 338 g/mol. The molecule has 2 aromatic rings. The maximum Gasteiger partial charge on any atom is 0.269 e. The van der Waals surface area contributed by atoms with Crippen LogP contribution in [0.25, 0.3) is 0 Å². The Hall–Kier alpha value is -2.21. The Morgan fingerprint density at radius 2 is 1.90 bits per heavy atom. The van der Waals surface area contributed by atoms with Gasteiger partial charge in [-0.2, -0.15) is 0 Å². The van der Waals surface area contributed by atoms with Gasteiger partial charge in [-0.25, -0.2) is 0 Å². The van der Waals surface area contributed by atoms with Crippen molar-refractivity contribution in [2.45, 2.75) is 6.92 Å². The van der Waals surface area contributed by atoms with E-state index in [1.807, 2.05) is 19.1 Å². The van der Waals surface area contributed by atoms with Crippen LogP contribution in [-0.4, -0.2) is 17.3 Å². The molecule has 0 atom stereocenters. The molecule has 2 rings (SSSR count). The summed E-state index contributed by atoms with van der Waals surface area (Å²) in [7, 11) is 0. The van der Waals surface area contributed by atoms with Crippen molar-refractivity contribution < 1.29 is 14.5 Å². The van der Waals surface area contributed by atoms with Crippen LogP contribution < -0.4 is 4.74 Å². The fourth-order valence-electron chi connectivity index (χ4n) is 1.72. The summed E-state index contributed by atoms with van der Waals surface area (Å²) in [6, 6.07) is 11.0. The number of aryl methyl sites for hydroxylation is 1. The Kier molecular flexibility index (Phi) is 4.70. The van der Waals surface area contributed by atoms with Crippen LogP contribution in [0.2, 0.25) is 0 Å². The highest BCUT2D eigenvalue weighted by molar-refractivity contribution is 9.10. The first-order valence-electron chi connectivity index (χ1n) is 6.14. The highest BCUT2D eigenvalue weighted by atomic mass is 79.9. The number of rotatable bonds is 5. The number of nitro groups is 1. The zero-order valence-electron chi connectivity index (χ0n) is 11.2. The summed E-state index contributed by atoms with van der Waals surface area (Å²) < 4.78 is 6.23. The van der Waals surface area contributed by atoms with E-state index in [9.17, 15) is 14.9 Å². The van der Waals surface area contributed by atoms with Crippen LogP contribution in [0.5, 0.6) is 5.75 Å². The summed E-state index contributed by atoms with van der Waals surface area (Å²) in [5, 5.41) is 10.5. The fourth-order valence-corrected chi connectivity index (χ4v) is 2.33. The molecule has 0 N–H and O–H groups in total. The van der Waals surface area contributed by atoms with Crippen LogP contribution in [0.3, 0.4) is 0 Å². The highest BCUT2D eigenvalue weighted by Gasteiger charge is 2.11. The summed E-state index contributed by atoms with van der Waals surface area (Å²) >= 11 is 3.37. The molecule has 0 aromatic heterocycles. The Morgan fingerprint density at radius 3 is 2.48 bits per heavy atom. The van der Waals surface area contributed by atoms with Crippen LogP contribution in [0, 0.1) is 17.0 Å². The number of hydrogen-bond donors (Lipinski definition) is 0. The number of ketones is 1. The Morgan fingerprint density at radius 1 is 1.24 bits per heavy atom. The van der Waals surface area contributed by atoms with Gasteiger partial charge < -0.3 is 4.74 Å². The average molecular weight is 350 g/mol. The topological polar surface area (TPSA) is 69.4 Å². The van der Waals surface area contributed by atoms with Gasteiger partial charge in [-0.3, -0.25) is 14.9 Å². The lowest BCUT2D eigenvalue weighted by Crippen LogP contribution is -2.11. The van der Waals surface area contributed by atoms with Crippen molar-refractivity contribution in [3.8, 4) is 5.75 Å². The second-order valence-electron chi connectivity index (χ2n) is 4.45. The van der Waals surface area contributed by atoms with Gasteiger partial charge >= 0.3 is 0 Å². The average Bonchev–Trinajstić information content (AvgIpc) is 2.46.